The van der Waals surface area contributed by atoms with Crippen LogP contribution in [0.25, 0.3) is 0 Å². The molecule has 4 rings (SSSR count). The van der Waals surface area contributed by atoms with E-state index in [0.717, 1.165) is 16.3 Å². The molecule has 154 valence electrons. The van der Waals surface area contributed by atoms with Crippen molar-refractivity contribution in [3.63, 3.8) is 0 Å². The molecule has 8 heteroatoms. The fraction of sp³-hybridized carbons (Fsp3) is 0.273. The summed E-state index contributed by atoms with van der Waals surface area (Å²) in [6.45, 7) is 4.65. The van der Waals surface area contributed by atoms with E-state index in [1.807, 2.05) is 25.1 Å². The van der Waals surface area contributed by atoms with Gasteiger partial charge in [-0.15, -0.1) is 10.2 Å². The van der Waals surface area contributed by atoms with Crippen LogP contribution in [0.1, 0.15) is 38.8 Å². The first-order valence-electron chi connectivity index (χ1n) is 9.61. The maximum Gasteiger partial charge on any atom is 0.257 e. The van der Waals surface area contributed by atoms with Gasteiger partial charge in [0.1, 0.15) is 10.8 Å². The SMILES string of the molecule is COc1ccc(C(=O)Nc2nnc(C3CC(=O)N(c4ccc(C)c(C)c4)C3)s2)cc1. The van der Waals surface area contributed by atoms with Gasteiger partial charge in [0.25, 0.3) is 5.91 Å². The van der Waals surface area contributed by atoms with Crippen molar-refractivity contribution in [2.75, 3.05) is 23.9 Å². The van der Waals surface area contributed by atoms with Crippen molar-refractivity contribution < 1.29 is 14.3 Å². The van der Waals surface area contributed by atoms with Crippen LogP contribution in [0.2, 0.25) is 0 Å². The minimum atomic E-state index is -0.264. The van der Waals surface area contributed by atoms with Gasteiger partial charge in [-0.1, -0.05) is 17.4 Å². The van der Waals surface area contributed by atoms with Crippen LogP contribution in [0.15, 0.2) is 42.5 Å². The van der Waals surface area contributed by atoms with Crippen LogP contribution < -0.4 is 15.0 Å². The Kier molecular flexibility index (Phi) is 5.50. The van der Waals surface area contributed by atoms with Gasteiger partial charge in [-0.2, -0.15) is 0 Å². The predicted octanol–water partition coefficient (Wildman–Crippen LogP) is 3.94. The van der Waals surface area contributed by atoms with Crippen molar-refractivity contribution in [2.45, 2.75) is 26.2 Å². The molecule has 0 aliphatic carbocycles. The van der Waals surface area contributed by atoms with Crippen LogP contribution >= 0.6 is 11.3 Å². The minimum absolute atomic E-state index is 0.0387. The minimum Gasteiger partial charge on any atom is -0.497 e. The van der Waals surface area contributed by atoms with E-state index in [2.05, 4.69) is 22.4 Å². The number of methoxy groups -OCH3 is 1. The lowest BCUT2D eigenvalue weighted by Crippen LogP contribution is -2.24. The molecular weight excluding hydrogens is 400 g/mol. The van der Waals surface area contributed by atoms with Crippen molar-refractivity contribution >= 4 is 34.0 Å². The molecule has 1 fully saturated rings. The summed E-state index contributed by atoms with van der Waals surface area (Å²) in [6, 6.07) is 12.9. The Bertz CT molecular complexity index is 1090. The summed E-state index contributed by atoms with van der Waals surface area (Å²) in [5.74, 6) is 0.453. The standard InChI is InChI=1S/C22H22N4O3S/c1-13-4-7-17(10-14(13)2)26-12-16(11-19(26)27)21-24-25-22(30-21)23-20(28)15-5-8-18(29-3)9-6-15/h4-10,16H,11-12H2,1-3H3,(H,23,25,28). The Hall–Kier alpha value is -3.26. The highest BCUT2D eigenvalue weighted by atomic mass is 32.1. The lowest BCUT2D eigenvalue weighted by Gasteiger charge is -2.17. The first kappa shape index (κ1) is 20.0. The van der Waals surface area contributed by atoms with E-state index in [9.17, 15) is 9.59 Å². The van der Waals surface area contributed by atoms with E-state index in [4.69, 9.17) is 4.74 Å². The van der Waals surface area contributed by atoms with Gasteiger partial charge in [-0.25, -0.2) is 0 Å². The Morgan fingerprint density at radius 1 is 1.13 bits per heavy atom. The number of hydrogen-bond donors (Lipinski definition) is 1. The average Bonchev–Trinajstić information content (AvgIpc) is 3.36. The van der Waals surface area contributed by atoms with Crippen molar-refractivity contribution in [3.8, 4) is 5.75 Å². The van der Waals surface area contributed by atoms with E-state index in [1.54, 1.807) is 36.3 Å². The van der Waals surface area contributed by atoms with Crippen LogP contribution in [-0.4, -0.2) is 35.7 Å². The van der Waals surface area contributed by atoms with E-state index < -0.39 is 0 Å². The van der Waals surface area contributed by atoms with E-state index in [-0.39, 0.29) is 17.7 Å². The summed E-state index contributed by atoms with van der Waals surface area (Å²) in [5.41, 5.74) is 3.76. The zero-order valence-electron chi connectivity index (χ0n) is 17.0. The van der Waals surface area contributed by atoms with Gasteiger partial charge in [0.15, 0.2) is 0 Å². The number of nitrogens with one attached hydrogen (secondary N) is 1. The molecule has 1 atom stereocenters. The van der Waals surface area contributed by atoms with Crippen LogP contribution in [0.4, 0.5) is 10.8 Å². The Balaban J connectivity index is 1.44. The number of aryl methyl sites for hydroxylation is 2. The van der Waals surface area contributed by atoms with Crippen LogP contribution in [0.5, 0.6) is 5.75 Å². The molecule has 1 unspecified atom stereocenters. The number of ether oxygens (including phenoxy) is 1. The van der Waals surface area contributed by atoms with Crippen LogP contribution in [0.3, 0.4) is 0 Å². The smallest absolute Gasteiger partial charge is 0.257 e. The lowest BCUT2D eigenvalue weighted by atomic mass is 10.1. The molecule has 3 aromatic rings. The third-order valence-electron chi connectivity index (χ3n) is 5.29. The van der Waals surface area contributed by atoms with Gasteiger partial charge in [-0.3, -0.25) is 14.9 Å². The van der Waals surface area contributed by atoms with E-state index >= 15 is 0 Å². The summed E-state index contributed by atoms with van der Waals surface area (Å²) in [4.78, 5) is 26.8. The molecule has 0 radical (unpaired) electrons. The third-order valence-corrected chi connectivity index (χ3v) is 6.29. The molecule has 1 aliphatic heterocycles. The summed E-state index contributed by atoms with van der Waals surface area (Å²) in [6.07, 6.45) is 0.383. The molecule has 30 heavy (non-hydrogen) atoms. The molecule has 1 aliphatic rings. The quantitative estimate of drug-likeness (QED) is 0.673. The zero-order chi connectivity index (χ0) is 21.3. The van der Waals surface area contributed by atoms with Crippen LogP contribution in [-0.2, 0) is 4.79 Å². The van der Waals surface area contributed by atoms with Gasteiger partial charge in [0, 0.05) is 30.1 Å². The molecule has 2 amide bonds. The number of benzene rings is 2. The number of carbonyl (C=O) groups is 2. The summed E-state index contributed by atoms with van der Waals surface area (Å²) in [5, 5.41) is 12.3. The molecule has 1 N–H and O–H groups in total. The van der Waals surface area contributed by atoms with Gasteiger partial charge in [0.05, 0.1) is 7.11 Å². The number of anilines is 2. The molecule has 1 aromatic heterocycles. The Labute approximate surface area is 178 Å². The maximum absolute atomic E-state index is 12.6. The average molecular weight is 423 g/mol. The second-order valence-corrected chi connectivity index (χ2v) is 8.31. The van der Waals surface area contributed by atoms with Crippen molar-refractivity contribution in [1.29, 1.82) is 0 Å². The Morgan fingerprint density at radius 3 is 2.60 bits per heavy atom. The fourth-order valence-electron chi connectivity index (χ4n) is 3.38. The van der Waals surface area contributed by atoms with Gasteiger partial charge in [-0.05, 0) is 61.4 Å². The number of amides is 2. The number of nitrogens with zero attached hydrogens (tertiary/aromatic N) is 3. The Morgan fingerprint density at radius 2 is 1.90 bits per heavy atom. The van der Waals surface area contributed by atoms with Gasteiger partial charge < -0.3 is 9.64 Å². The highest BCUT2D eigenvalue weighted by Crippen LogP contribution is 2.34. The lowest BCUT2D eigenvalue weighted by molar-refractivity contribution is -0.117. The molecule has 0 spiro atoms. The number of hydrogen-bond acceptors (Lipinski definition) is 6. The number of rotatable bonds is 5. The van der Waals surface area contributed by atoms with E-state index in [1.165, 1.54) is 16.9 Å². The maximum atomic E-state index is 12.6. The molecule has 1 saturated heterocycles. The molecule has 2 heterocycles. The topological polar surface area (TPSA) is 84.4 Å². The summed E-state index contributed by atoms with van der Waals surface area (Å²) < 4.78 is 5.11. The fourth-order valence-corrected chi connectivity index (χ4v) is 4.21. The first-order valence-corrected chi connectivity index (χ1v) is 10.4. The summed E-state index contributed by atoms with van der Waals surface area (Å²) >= 11 is 1.31. The van der Waals surface area contributed by atoms with Crippen molar-refractivity contribution in [3.05, 3.63) is 64.2 Å². The van der Waals surface area contributed by atoms with E-state index in [0.29, 0.717) is 29.4 Å². The zero-order valence-corrected chi connectivity index (χ0v) is 17.8. The van der Waals surface area contributed by atoms with Crippen molar-refractivity contribution in [1.82, 2.24) is 10.2 Å². The highest BCUT2D eigenvalue weighted by Gasteiger charge is 2.34. The second kappa shape index (κ2) is 8.23. The van der Waals surface area contributed by atoms with Gasteiger partial charge in [0.2, 0.25) is 11.0 Å². The second-order valence-electron chi connectivity index (χ2n) is 7.30. The molecular formula is C22H22N4O3S. The molecule has 2 aromatic carbocycles. The largest absolute Gasteiger partial charge is 0.497 e. The highest BCUT2D eigenvalue weighted by molar-refractivity contribution is 7.15. The first-order chi connectivity index (χ1) is 14.4. The summed E-state index contributed by atoms with van der Waals surface area (Å²) in [7, 11) is 1.58. The number of carbonyl (C=O) groups excluding carboxylic acids is 2. The molecule has 0 bridgehead atoms. The van der Waals surface area contributed by atoms with Crippen LogP contribution in [0, 0.1) is 13.8 Å². The molecule has 7 nitrogen and oxygen atoms in total. The normalized spacial score (nSPS) is 16.0. The monoisotopic (exact) mass is 422 g/mol. The molecule has 0 saturated carbocycles. The van der Waals surface area contributed by atoms with Gasteiger partial charge >= 0.3 is 0 Å². The van der Waals surface area contributed by atoms with Crippen molar-refractivity contribution in [2.24, 2.45) is 0 Å². The predicted molar refractivity (Wildman–Crippen MR) is 116 cm³/mol. The third kappa shape index (κ3) is 4.04. The number of aromatic nitrogens is 2.